The quantitative estimate of drug-likeness (QED) is 0.424. The monoisotopic (exact) mass is 426 g/mol. The van der Waals surface area contributed by atoms with Gasteiger partial charge in [0.15, 0.2) is 0 Å². The van der Waals surface area contributed by atoms with E-state index in [1.807, 2.05) is 30.3 Å². The lowest BCUT2D eigenvalue weighted by atomic mass is 10.1. The lowest BCUT2D eigenvalue weighted by Crippen LogP contribution is -2.14. The summed E-state index contributed by atoms with van der Waals surface area (Å²) in [5.41, 5.74) is 1.70. The number of ether oxygens (including phenoxy) is 1. The number of aromatic nitrogens is 1. The summed E-state index contributed by atoms with van der Waals surface area (Å²) in [6, 6.07) is 17.0. The molecule has 4 rings (SSSR count). The number of anilines is 1. The van der Waals surface area contributed by atoms with Crippen LogP contribution >= 0.6 is 0 Å². The van der Waals surface area contributed by atoms with Crippen molar-refractivity contribution >= 4 is 33.4 Å². The van der Waals surface area contributed by atoms with E-state index in [0.29, 0.717) is 18.7 Å². The van der Waals surface area contributed by atoms with Crippen molar-refractivity contribution in [1.29, 1.82) is 0 Å². The first-order chi connectivity index (χ1) is 14.8. The maximum Gasteiger partial charge on any atom is 0.416 e. The standard InChI is InChI=1S/C24H21F3N2O2/c1-15-7-9-17(14-20(15)24(25,26)27)28-23(30)16-8-10-19-18-5-3-4-6-21(18)29(11-12-31-2)22(19)13-16/h3-10,13-14H,11-12H2,1-2H3,(H,28,30). The second kappa shape index (κ2) is 8.07. The highest BCUT2D eigenvalue weighted by Crippen LogP contribution is 2.34. The van der Waals surface area contributed by atoms with Crippen LogP contribution in [0.5, 0.6) is 0 Å². The first kappa shape index (κ1) is 20.9. The minimum absolute atomic E-state index is 0.1000. The predicted molar refractivity (Wildman–Crippen MR) is 115 cm³/mol. The summed E-state index contributed by atoms with van der Waals surface area (Å²) in [5, 5.41) is 4.65. The number of benzene rings is 3. The van der Waals surface area contributed by atoms with Gasteiger partial charge in [-0.3, -0.25) is 4.79 Å². The molecule has 1 heterocycles. The Morgan fingerprint density at radius 1 is 1.00 bits per heavy atom. The van der Waals surface area contributed by atoms with Gasteiger partial charge >= 0.3 is 6.18 Å². The third kappa shape index (κ3) is 4.01. The van der Waals surface area contributed by atoms with Gasteiger partial charge in [0.05, 0.1) is 12.2 Å². The SMILES string of the molecule is COCCn1c2ccccc2c2ccc(C(=O)Nc3ccc(C)c(C(F)(F)F)c3)cc21. The number of amides is 1. The van der Waals surface area contributed by atoms with E-state index in [-0.39, 0.29) is 11.3 Å². The molecular weight excluding hydrogens is 405 g/mol. The molecule has 1 aromatic heterocycles. The normalized spacial score (nSPS) is 11.9. The number of rotatable bonds is 5. The molecule has 4 aromatic rings. The van der Waals surface area contributed by atoms with Crippen LogP contribution in [0.3, 0.4) is 0 Å². The van der Waals surface area contributed by atoms with Gasteiger partial charge in [-0.1, -0.05) is 30.3 Å². The average Bonchev–Trinajstić information content (AvgIpc) is 3.05. The number of carbonyl (C=O) groups excluding carboxylic acids is 1. The minimum Gasteiger partial charge on any atom is -0.383 e. The number of carbonyl (C=O) groups is 1. The fourth-order valence-electron chi connectivity index (χ4n) is 3.82. The van der Waals surface area contributed by atoms with E-state index in [4.69, 9.17) is 4.74 Å². The largest absolute Gasteiger partial charge is 0.416 e. The molecule has 31 heavy (non-hydrogen) atoms. The summed E-state index contributed by atoms with van der Waals surface area (Å²) >= 11 is 0. The Morgan fingerprint density at radius 2 is 1.74 bits per heavy atom. The number of aryl methyl sites for hydroxylation is 1. The summed E-state index contributed by atoms with van der Waals surface area (Å²) in [6.45, 7) is 2.51. The van der Waals surface area contributed by atoms with Crippen molar-refractivity contribution in [1.82, 2.24) is 4.57 Å². The summed E-state index contributed by atoms with van der Waals surface area (Å²) in [4.78, 5) is 12.8. The number of halogens is 3. The molecule has 0 unspecified atom stereocenters. The van der Waals surface area contributed by atoms with Crippen molar-refractivity contribution in [3.05, 3.63) is 77.4 Å². The number of nitrogens with zero attached hydrogens (tertiary/aromatic N) is 1. The molecule has 0 radical (unpaired) electrons. The molecule has 1 amide bonds. The maximum atomic E-state index is 13.2. The zero-order valence-corrected chi connectivity index (χ0v) is 17.1. The number of fused-ring (bicyclic) bond motifs is 3. The van der Waals surface area contributed by atoms with Gasteiger partial charge in [-0.05, 0) is 42.8 Å². The van der Waals surface area contributed by atoms with Crippen LogP contribution in [0.25, 0.3) is 21.8 Å². The van der Waals surface area contributed by atoms with Gasteiger partial charge in [-0.25, -0.2) is 0 Å². The van der Waals surface area contributed by atoms with E-state index in [1.165, 1.54) is 19.1 Å². The van der Waals surface area contributed by atoms with Crippen molar-refractivity contribution in [2.75, 3.05) is 19.0 Å². The van der Waals surface area contributed by atoms with Gasteiger partial charge in [-0.15, -0.1) is 0 Å². The fraction of sp³-hybridized carbons (Fsp3) is 0.208. The number of alkyl halides is 3. The Bertz CT molecular complexity index is 1280. The lowest BCUT2D eigenvalue weighted by Gasteiger charge is -2.13. The molecule has 0 atom stereocenters. The number of methoxy groups -OCH3 is 1. The summed E-state index contributed by atoms with van der Waals surface area (Å²) in [6.07, 6.45) is -4.48. The second-order valence-electron chi connectivity index (χ2n) is 7.38. The van der Waals surface area contributed by atoms with E-state index in [0.717, 1.165) is 27.9 Å². The Hall–Kier alpha value is -3.32. The third-order valence-electron chi connectivity index (χ3n) is 5.36. The highest BCUT2D eigenvalue weighted by Gasteiger charge is 2.32. The first-order valence-corrected chi connectivity index (χ1v) is 9.78. The zero-order chi connectivity index (χ0) is 22.2. The van der Waals surface area contributed by atoms with E-state index < -0.39 is 17.6 Å². The molecule has 0 fully saturated rings. The first-order valence-electron chi connectivity index (χ1n) is 9.78. The molecule has 0 saturated heterocycles. The molecule has 160 valence electrons. The topological polar surface area (TPSA) is 43.3 Å². The Kier molecular flexibility index (Phi) is 5.45. The Labute approximate surface area is 177 Å². The fourth-order valence-corrected chi connectivity index (χ4v) is 3.82. The number of hydrogen-bond acceptors (Lipinski definition) is 2. The van der Waals surface area contributed by atoms with Crippen molar-refractivity contribution in [3.8, 4) is 0 Å². The molecule has 7 heteroatoms. The average molecular weight is 426 g/mol. The molecule has 3 aromatic carbocycles. The van der Waals surface area contributed by atoms with Crippen molar-refractivity contribution in [2.45, 2.75) is 19.6 Å². The number of para-hydroxylation sites is 1. The van der Waals surface area contributed by atoms with Crippen LogP contribution in [-0.4, -0.2) is 24.2 Å². The van der Waals surface area contributed by atoms with Gasteiger partial charge in [0.25, 0.3) is 5.91 Å². The van der Waals surface area contributed by atoms with E-state index >= 15 is 0 Å². The van der Waals surface area contributed by atoms with Crippen LogP contribution in [0.1, 0.15) is 21.5 Å². The van der Waals surface area contributed by atoms with Crippen LogP contribution in [0.15, 0.2) is 60.7 Å². The molecule has 0 aliphatic carbocycles. The highest BCUT2D eigenvalue weighted by atomic mass is 19.4. The van der Waals surface area contributed by atoms with Crippen molar-refractivity contribution < 1.29 is 22.7 Å². The molecule has 0 aliphatic heterocycles. The minimum atomic E-state index is -4.48. The molecule has 1 N–H and O–H groups in total. The number of hydrogen-bond donors (Lipinski definition) is 1. The van der Waals surface area contributed by atoms with Crippen LogP contribution in [0.2, 0.25) is 0 Å². The van der Waals surface area contributed by atoms with Crippen LogP contribution in [-0.2, 0) is 17.5 Å². The third-order valence-corrected chi connectivity index (χ3v) is 5.36. The predicted octanol–water partition coefficient (Wildman–Crippen LogP) is 6.02. The van der Waals surface area contributed by atoms with Gasteiger partial charge < -0.3 is 14.6 Å². The van der Waals surface area contributed by atoms with Gasteiger partial charge in [0.2, 0.25) is 0 Å². The van der Waals surface area contributed by atoms with Crippen LogP contribution in [0.4, 0.5) is 18.9 Å². The molecule has 0 bridgehead atoms. The molecule has 4 nitrogen and oxygen atoms in total. The molecule has 0 saturated carbocycles. The lowest BCUT2D eigenvalue weighted by molar-refractivity contribution is -0.138. The zero-order valence-electron chi connectivity index (χ0n) is 17.1. The van der Waals surface area contributed by atoms with Gasteiger partial charge in [0, 0.05) is 46.7 Å². The molecule has 0 spiro atoms. The van der Waals surface area contributed by atoms with Crippen molar-refractivity contribution in [2.24, 2.45) is 0 Å². The van der Waals surface area contributed by atoms with Crippen LogP contribution < -0.4 is 5.32 Å². The Balaban J connectivity index is 1.72. The maximum absolute atomic E-state index is 13.2. The van der Waals surface area contributed by atoms with E-state index in [2.05, 4.69) is 9.88 Å². The summed E-state index contributed by atoms with van der Waals surface area (Å²) in [7, 11) is 1.63. The van der Waals surface area contributed by atoms with E-state index in [1.54, 1.807) is 19.2 Å². The summed E-state index contributed by atoms with van der Waals surface area (Å²) in [5.74, 6) is -0.470. The van der Waals surface area contributed by atoms with Gasteiger partial charge in [-0.2, -0.15) is 13.2 Å². The van der Waals surface area contributed by atoms with E-state index in [9.17, 15) is 18.0 Å². The van der Waals surface area contributed by atoms with Crippen LogP contribution in [0, 0.1) is 6.92 Å². The second-order valence-corrected chi connectivity index (χ2v) is 7.38. The smallest absolute Gasteiger partial charge is 0.383 e. The highest BCUT2D eigenvalue weighted by molar-refractivity contribution is 6.12. The van der Waals surface area contributed by atoms with Crippen molar-refractivity contribution in [3.63, 3.8) is 0 Å². The number of nitrogens with one attached hydrogen (secondary N) is 1. The molecular formula is C24H21F3N2O2. The summed E-state index contributed by atoms with van der Waals surface area (Å²) < 4.78 is 46.9. The Morgan fingerprint density at radius 3 is 2.48 bits per heavy atom. The van der Waals surface area contributed by atoms with Gasteiger partial charge in [0.1, 0.15) is 0 Å². The molecule has 0 aliphatic rings.